The predicted molar refractivity (Wildman–Crippen MR) is 120 cm³/mol. The number of allylic oxidation sites excluding steroid dienone is 3. The van der Waals surface area contributed by atoms with Crippen LogP contribution >= 0.6 is 0 Å². The van der Waals surface area contributed by atoms with E-state index in [-0.39, 0.29) is 0 Å². The maximum atomic E-state index is 6.18. The van der Waals surface area contributed by atoms with E-state index < -0.39 is 0 Å². The minimum Gasteiger partial charge on any atom is -0.383 e. The third-order valence-corrected chi connectivity index (χ3v) is 4.67. The summed E-state index contributed by atoms with van der Waals surface area (Å²) in [4.78, 5) is 12.8. The lowest BCUT2D eigenvalue weighted by molar-refractivity contribution is 0.382. The molecule has 28 heavy (non-hydrogen) atoms. The zero-order valence-electron chi connectivity index (χ0n) is 16.9. The lowest BCUT2D eigenvalue weighted by Crippen LogP contribution is -2.23. The molecule has 0 aliphatic carbocycles. The largest absolute Gasteiger partial charge is 0.383 e. The molecule has 0 saturated carbocycles. The topological polar surface area (TPSA) is 94.0 Å². The summed E-state index contributed by atoms with van der Waals surface area (Å²) in [6, 6.07) is 0. The van der Waals surface area contributed by atoms with E-state index in [1.54, 1.807) is 12.3 Å². The molecule has 7 nitrogen and oxygen atoms in total. The van der Waals surface area contributed by atoms with Crippen LogP contribution in [0.1, 0.15) is 26.7 Å². The monoisotopic (exact) mass is 379 g/mol. The first-order valence-electron chi connectivity index (χ1n) is 9.76. The van der Waals surface area contributed by atoms with Gasteiger partial charge in [0, 0.05) is 24.6 Å². The van der Waals surface area contributed by atoms with Gasteiger partial charge >= 0.3 is 0 Å². The van der Waals surface area contributed by atoms with E-state index >= 15 is 0 Å². The van der Waals surface area contributed by atoms with Crippen LogP contribution in [0.25, 0.3) is 11.0 Å². The van der Waals surface area contributed by atoms with Crippen LogP contribution in [0, 0.1) is 5.92 Å². The summed E-state index contributed by atoms with van der Waals surface area (Å²) in [6.07, 6.45) is 10.6. The average molecular weight is 379 g/mol. The molecule has 0 aliphatic rings. The highest BCUT2D eigenvalue weighted by atomic mass is 15.3. The summed E-state index contributed by atoms with van der Waals surface area (Å²) in [7, 11) is 0.568. The Morgan fingerprint density at radius 3 is 2.89 bits per heavy atom. The van der Waals surface area contributed by atoms with Crippen LogP contribution in [0.2, 0.25) is 0 Å². The summed E-state index contributed by atoms with van der Waals surface area (Å²) < 4.78 is 1.97. The fraction of sp³-hybridized carbons (Fsp3) is 0.400. The van der Waals surface area contributed by atoms with E-state index in [0.717, 1.165) is 54.6 Å². The van der Waals surface area contributed by atoms with Crippen molar-refractivity contribution in [2.75, 3.05) is 18.8 Å². The maximum Gasteiger partial charge on any atom is 0.221 e. The van der Waals surface area contributed by atoms with E-state index in [0.29, 0.717) is 19.0 Å². The highest BCUT2D eigenvalue weighted by molar-refractivity contribution is 6.67. The molecule has 0 fully saturated rings. The number of anilines is 1. The van der Waals surface area contributed by atoms with Gasteiger partial charge in [0.05, 0.1) is 5.39 Å². The van der Waals surface area contributed by atoms with Crippen molar-refractivity contribution in [1.82, 2.24) is 25.1 Å². The highest BCUT2D eigenvalue weighted by Gasteiger charge is 2.19. The Hall–Kier alpha value is -2.74. The second kappa shape index (κ2) is 11.2. The van der Waals surface area contributed by atoms with Crippen molar-refractivity contribution in [1.29, 1.82) is 0 Å². The van der Waals surface area contributed by atoms with Gasteiger partial charge in [-0.25, -0.2) is 14.6 Å². The number of aliphatic imine (C=N–C) groups is 1. The van der Waals surface area contributed by atoms with Crippen molar-refractivity contribution < 1.29 is 0 Å². The molecule has 2 heterocycles. The van der Waals surface area contributed by atoms with Gasteiger partial charge in [-0.3, -0.25) is 4.99 Å². The van der Waals surface area contributed by atoms with Crippen LogP contribution in [-0.4, -0.2) is 46.3 Å². The Labute approximate surface area is 167 Å². The van der Waals surface area contributed by atoms with Crippen LogP contribution in [0.15, 0.2) is 48.3 Å². The van der Waals surface area contributed by atoms with Gasteiger partial charge in [-0.2, -0.15) is 5.10 Å². The van der Waals surface area contributed by atoms with Crippen LogP contribution in [-0.2, 0) is 6.54 Å². The molecule has 148 valence electrons. The van der Waals surface area contributed by atoms with Crippen molar-refractivity contribution in [3.63, 3.8) is 0 Å². The molecule has 3 N–H and O–H groups in total. The Balaban J connectivity index is 2.37. The first-order chi connectivity index (χ1) is 13.6. The zero-order valence-corrected chi connectivity index (χ0v) is 16.9. The third kappa shape index (κ3) is 5.63. The van der Waals surface area contributed by atoms with Crippen LogP contribution < -0.4 is 16.6 Å². The Kier molecular flexibility index (Phi) is 8.61. The number of aromatic nitrogens is 4. The van der Waals surface area contributed by atoms with Crippen LogP contribution in [0.3, 0.4) is 0 Å². The smallest absolute Gasteiger partial charge is 0.221 e. The first kappa shape index (κ1) is 21.6. The first-order valence-corrected chi connectivity index (χ1v) is 9.76. The fourth-order valence-corrected chi connectivity index (χ4v) is 3.15. The SMILES string of the molecule is C=C/C=C(Bc1nn(CC(CC)CCNCC)c2ncnc(N)c12)\C=N/C=C. The summed E-state index contributed by atoms with van der Waals surface area (Å²) in [5, 5.41) is 9.05. The molecule has 1 atom stereocenters. The van der Waals surface area contributed by atoms with Gasteiger partial charge in [0.1, 0.15) is 12.1 Å². The summed E-state index contributed by atoms with van der Waals surface area (Å²) in [5.74, 6) is 0.960. The molecule has 0 saturated heterocycles. The van der Waals surface area contributed by atoms with Gasteiger partial charge < -0.3 is 11.1 Å². The van der Waals surface area contributed by atoms with Gasteiger partial charge in [-0.05, 0) is 25.4 Å². The number of hydrogen-bond acceptors (Lipinski definition) is 6. The van der Waals surface area contributed by atoms with Crippen molar-refractivity contribution in [3.8, 4) is 0 Å². The molecule has 2 aromatic rings. The number of fused-ring (bicyclic) bond motifs is 1. The van der Waals surface area contributed by atoms with Gasteiger partial charge in [0.2, 0.25) is 7.28 Å². The van der Waals surface area contributed by atoms with Gasteiger partial charge in [-0.15, -0.1) is 0 Å². The number of nitrogens with zero attached hydrogens (tertiary/aromatic N) is 5. The van der Waals surface area contributed by atoms with E-state index in [4.69, 9.17) is 10.8 Å². The molecule has 0 bridgehead atoms. The molecular formula is C20H30BN7. The van der Waals surface area contributed by atoms with Crippen molar-refractivity contribution in [3.05, 3.63) is 43.3 Å². The Morgan fingerprint density at radius 2 is 2.21 bits per heavy atom. The zero-order chi connectivity index (χ0) is 20.4. The maximum absolute atomic E-state index is 6.18. The van der Waals surface area contributed by atoms with Crippen molar-refractivity contribution in [2.24, 2.45) is 10.9 Å². The normalized spacial score (nSPS) is 13.1. The Morgan fingerprint density at radius 1 is 1.39 bits per heavy atom. The lowest BCUT2D eigenvalue weighted by Gasteiger charge is -2.15. The molecule has 0 aliphatic heterocycles. The second-order valence-corrected chi connectivity index (χ2v) is 6.62. The predicted octanol–water partition coefficient (Wildman–Crippen LogP) is 1.78. The van der Waals surface area contributed by atoms with E-state index in [2.05, 4.69) is 47.3 Å². The number of nitrogens with two attached hydrogens (primary N) is 1. The van der Waals surface area contributed by atoms with E-state index in [1.165, 1.54) is 12.5 Å². The number of hydrogen-bond donors (Lipinski definition) is 2. The number of nitrogen functional groups attached to an aromatic ring is 1. The molecule has 1 unspecified atom stereocenters. The van der Waals surface area contributed by atoms with Crippen LogP contribution in [0.5, 0.6) is 0 Å². The summed E-state index contributed by atoms with van der Waals surface area (Å²) in [6.45, 7) is 14.5. The minimum absolute atomic E-state index is 0.450. The standard InChI is InChI=1S/C20H30BN7/c1-5-9-16(12-24-8-4)21-18-17-19(22)25-14-26-20(17)28(27-18)13-15(6-2)10-11-23-7-3/h5,8-9,12,14-15,21,23H,1,4,6-7,10-11,13H2,2-3H3,(H2,22,25,26)/b16-9+,24-12-. The van der Waals surface area contributed by atoms with Gasteiger partial charge in [0.15, 0.2) is 5.65 Å². The van der Waals surface area contributed by atoms with Crippen LogP contribution in [0.4, 0.5) is 5.82 Å². The Bertz CT molecular complexity index is 854. The molecule has 0 aromatic carbocycles. The average Bonchev–Trinajstić information content (AvgIpc) is 3.04. The van der Waals surface area contributed by atoms with Crippen molar-refractivity contribution >= 4 is 35.9 Å². The number of nitrogens with one attached hydrogen (secondary N) is 1. The van der Waals surface area contributed by atoms with Gasteiger partial charge in [0.25, 0.3) is 0 Å². The van der Waals surface area contributed by atoms with Gasteiger partial charge in [-0.1, -0.05) is 51.1 Å². The number of rotatable bonds is 12. The summed E-state index contributed by atoms with van der Waals surface area (Å²) in [5.41, 5.74) is 8.77. The molecule has 8 heteroatoms. The fourth-order valence-electron chi connectivity index (χ4n) is 3.15. The highest BCUT2D eigenvalue weighted by Crippen LogP contribution is 2.18. The molecule has 0 radical (unpaired) electrons. The molecule has 2 rings (SSSR count). The third-order valence-electron chi connectivity index (χ3n) is 4.67. The molecule has 0 amide bonds. The van der Waals surface area contributed by atoms with E-state index in [9.17, 15) is 0 Å². The quantitative estimate of drug-likeness (QED) is 0.254. The second-order valence-electron chi connectivity index (χ2n) is 6.62. The molecule has 2 aromatic heterocycles. The minimum atomic E-state index is 0.450. The van der Waals surface area contributed by atoms with E-state index in [1.807, 2.05) is 10.8 Å². The molecular weight excluding hydrogens is 349 g/mol. The lowest BCUT2D eigenvalue weighted by atomic mass is 9.65. The molecule has 0 spiro atoms. The van der Waals surface area contributed by atoms with Crippen molar-refractivity contribution in [2.45, 2.75) is 33.2 Å². The summed E-state index contributed by atoms with van der Waals surface area (Å²) >= 11 is 0.